The molecule has 6 nitrogen and oxygen atoms in total. The van der Waals surface area contributed by atoms with Gasteiger partial charge in [-0.3, -0.25) is 10.1 Å². The normalized spacial score (nSPS) is 11.0. The lowest BCUT2D eigenvalue weighted by molar-refractivity contribution is 0.209. The molecule has 0 atom stereocenters. The van der Waals surface area contributed by atoms with E-state index in [1.165, 1.54) is 10.8 Å². The number of aromatic nitrogens is 2. The topological polar surface area (TPSA) is 84.2 Å². The second kappa shape index (κ2) is 4.75. The number of benzene rings is 1. The third kappa shape index (κ3) is 2.09. The van der Waals surface area contributed by atoms with Gasteiger partial charge in [-0.2, -0.15) is 0 Å². The van der Waals surface area contributed by atoms with Gasteiger partial charge in [-0.05, 0) is 18.2 Å². The van der Waals surface area contributed by atoms with Crippen molar-refractivity contribution in [3.8, 4) is 0 Å². The van der Waals surface area contributed by atoms with Crippen LogP contribution in [0.1, 0.15) is 0 Å². The molecule has 0 spiro atoms. The van der Waals surface area contributed by atoms with Gasteiger partial charge in [-0.25, -0.2) is 9.78 Å². The molecule has 7 heteroatoms. The zero-order valence-corrected chi connectivity index (χ0v) is 11.7. The van der Waals surface area contributed by atoms with E-state index in [9.17, 15) is 9.59 Å². The van der Waals surface area contributed by atoms with E-state index in [-0.39, 0.29) is 16.8 Å². The molecule has 0 fully saturated rings. The van der Waals surface area contributed by atoms with Crippen molar-refractivity contribution in [1.82, 2.24) is 9.55 Å². The van der Waals surface area contributed by atoms with Crippen LogP contribution in [0.25, 0.3) is 21.7 Å². The number of carboxylic acid groups (broad SMARTS) is 1. The summed E-state index contributed by atoms with van der Waals surface area (Å²) in [6.07, 6.45) is 0.189. The summed E-state index contributed by atoms with van der Waals surface area (Å²) in [5.74, 6) is 0.0254. The largest absolute Gasteiger partial charge is 0.465 e. The van der Waals surface area contributed by atoms with E-state index < -0.39 is 6.09 Å². The summed E-state index contributed by atoms with van der Waals surface area (Å²) in [6.45, 7) is 0. The maximum atomic E-state index is 12.5. The lowest BCUT2D eigenvalue weighted by atomic mass is 10.1. The number of carbonyl (C=O) groups is 1. The van der Waals surface area contributed by atoms with Crippen LogP contribution in [-0.4, -0.2) is 20.8 Å². The van der Waals surface area contributed by atoms with Crippen molar-refractivity contribution in [2.45, 2.75) is 0 Å². The molecule has 0 saturated carbocycles. The number of pyridine rings is 2. The van der Waals surface area contributed by atoms with Crippen molar-refractivity contribution in [3.05, 3.63) is 45.8 Å². The summed E-state index contributed by atoms with van der Waals surface area (Å²) >= 11 is 5.98. The standard InChI is InChI=1S/C14H10ClN3O3/c1-18-10-6-7(15)2-3-8(10)9-4-5-16-12(17-14(20)21)11(9)13(18)19/h2-6H,1H3,(H,16,17)(H,20,21). The van der Waals surface area contributed by atoms with Gasteiger partial charge in [0, 0.05) is 29.0 Å². The molecule has 1 aromatic carbocycles. The van der Waals surface area contributed by atoms with Gasteiger partial charge in [-0.15, -0.1) is 0 Å². The summed E-state index contributed by atoms with van der Waals surface area (Å²) < 4.78 is 1.43. The summed E-state index contributed by atoms with van der Waals surface area (Å²) in [4.78, 5) is 27.3. The Hall–Kier alpha value is -2.60. The van der Waals surface area contributed by atoms with Gasteiger partial charge >= 0.3 is 6.09 Å². The molecule has 0 aliphatic rings. The number of hydrogen-bond acceptors (Lipinski definition) is 3. The Morgan fingerprint density at radius 3 is 2.81 bits per heavy atom. The molecule has 0 radical (unpaired) electrons. The highest BCUT2D eigenvalue weighted by molar-refractivity contribution is 6.31. The van der Waals surface area contributed by atoms with E-state index in [2.05, 4.69) is 10.3 Å². The van der Waals surface area contributed by atoms with Gasteiger partial charge in [0.15, 0.2) is 0 Å². The SMILES string of the molecule is Cn1c(=O)c2c(NC(=O)O)nccc2c2ccc(Cl)cc21. The number of fused-ring (bicyclic) bond motifs is 3. The fourth-order valence-electron chi connectivity index (χ4n) is 2.39. The van der Waals surface area contributed by atoms with Crippen LogP contribution in [0.2, 0.25) is 5.02 Å². The molecule has 21 heavy (non-hydrogen) atoms. The summed E-state index contributed by atoms with van der Waals surface area (Å²) in [7, 11) is 1.61. The third-order valence-electron chi connectivity index (χ3n) is 3.31. The number of nitrogens with zero attached hydrogens (tertiary/aromatic N) is 2. The van der Waals surface area contributed by atoms with Gasteiger partial charge in [0.2, 0.25) is 0 Å². The zero-order valence-electron chi connectivity index (χ0n) is 10.9. The van der Waals surface area contributed by atoms with Crippen molar-refractivity contribution < 1.29 is 9.90 Å². The second-order valence-corrected chi connectivity index (χ2v) is 4.97. The highest BCUT2D eigenvalue weighted by Gasteiger charge is 2.14. The van der Waals surface area contributed by atoms with E-state index in [1.807, 2.05) is 0 Å². The van der Waals surface area contributed by atoms with E-state index in [4.69, 9.17) is 16.7 Å². The molecule has 2 N–H and O–H groups in total. The molecule has 0 saturated heterocycles. The van der Waals surface area contributed by atoms with Gasteiger partial charge in [0.25, 0.3) is 5.56 Å². The van der Waals surface area contributed by atoms with E-state index in [0.717, 1.165) is 5.39 Å². The van der Waals surface area contributed by atoms with Crippen molar-refractivity contribution in [3.63, 3.8) is 0 Å². The number of amides is 1. The van der Waals surface area contributed by atoms with E-state index in [1.54, 1.807) is 31.3 Å². The molecule has 1 amide bonds. The lowest BCUT2D eigenvalue weighted by Gasteiger charge is -2.11. The molecule has 106 valence electrons. The van der Waals surface area contributed by atoms with Crippen LogP contribution in [-0.2, 0) is 7.05 Å². The Balaban J connectivity index is 2.53. The smallest absolute Gasteiger partial charge is 0.410 e. The maximum Gasteiger partial charge on any atom is 0.410 e. The molecule has 0 aliphatic carbocycles. The van der Waals surface area contributed by atoms with E-state index in [0.29, 0.717) is 15.9 Å². The number of hydrogen-bond donors (Lipinski definition) is 2. The van der Waals surface area contributed by atoms with Crippen molar-refractivity contribution >= 4 is 45.2 Å². The predicted molar refractivity (Wildman–Crippen MR) is 81.1 cm³/mol. The van der Waals surface area contributed by atoms with Crippen LogP contribution >= 0.6 is 11.6 Å². The fraction of sp³-hybridized carbons (Fsp3) is 0.0714. The van der Waals surface area contributed by atoms with Crippen molar-refractivity contribution in [2.24, 2.45) is 7.05 Å². The van der Waals surface area contributed by atoms with Gasteiger partial charge < -0.3 is 9.67 Å². The molecular formula is C14H10ClN3O3. The van der Waals surface area contributed by atoms with Crippen LogP contribution in [0.15, 0.2) is 35.3 Å². The van der Waals surface area contributed by atoms with Crippen LogP contribution in [0, 0.1) is 0 Å². The monoisotopic (exact) mass is 303 g/mol. The summed E-state index contributed by atoms with van der Waals surface area (Å²) in [6, 6.07) is 6.89. The van der Waals surface area contributed by atoms with Crippen LogP contribution < -0.4 is 10.9 Å². The number of aryl methyl sites for hydroxylation is 1. The minimum Gasteiger partial charge on any atom is -0.465 e. The van der Waals surface area contributed by atoms with Crippen LogP contribution in [0.4, 0.5) is 10.6 Å². The molecule has 2 aromatic heterocycles. The molecule has 3 aromatic rings. The maximum absolute atomic E-state index is 12.5. The average molecular weight is 304 g/mol. The van der Waals surface area contributed by atoms with E-state index >= 15 is 0 Å². The number of nitrogens with one attached hydrogen (secondary N) is 1. The number of halogens is 1. The lowest BCUT2D eigenvalue weighted by Crippen LogP contribution is -2.20. The Morgan fingerprint density at radius 2 is 2.10 bits per heavy atom. The first-order chi connectivity index (χ1) is 9.99. The van der Waals surface area contributed by atoms with Gasteiger partial charge in [0.1, 0.15) is 5.82 Å². The summed E-state index contributed by atoms with van der Waals surface area (Å²) in [5.41, 5.74) is 0.337. The van der Waals surface area contributed by atoms with Crippen molar-refractivity contribution in [1.29, 1.82) is 0 Å². The van der Waals surface area contributed by atoms with Gasteiger partial charge in [-0.1, -0.05) is 17.7 Å². The minimum atomic E-state index is -1.27. The first-order valence-corrected chi connectivity index (χ1v) is 6.44. The van der Waals surface area contributed by atoms with Crippen molar-refractivity contribution in [2.75, 3.05) is 5.32 Å². The minimum absolute atomic E-state index is 0.0254. The third-order valence-corrected chi connectivity index (χ3v) is 3.54. The van der Waals surface area contributed by atoms with Gasteiger partial charge in [0.05, 0.1) is 10.9 Å². The van der Waals surface area contributed by atoms with Crippen LogP contribution in [0.5, 0.6) is 0 Å². The molecule has 0 aliphatic heterocycles. The molecular weight excluding hydrogens is 294 g/mol. The Morgan fingerprint density at radius 1 is 1.33 bits per heavy atom. The quantitative estimate of drug-likeness (QED) is 0.677. The molecule has 0 unspecified atom stereocenters. The molecule has 2 heterocycles. The van der Waals surface area contributed by atoms with Crippen LogP contribution in [0.3, 0.4) is 0 Å². The highest BCUT2D eigenvalue weighted by atomic mass is 35.5. The summed E-state index contributed by atoms with van der Waals surface area (Å²) in [5, 5.41) is 13.2. The Labute approximate surface area is 123 Å². The zero-order chi connectivity index (χ0) is 15.1. The fourth-order valence-corrected chi connectivity index (χ4v) is 2.55. The second-order valence-electron chi connectivity index (χ2n) is 4.54. The average Bonchev–Trinajstić information content (AvgIpc) is 2.44. The Bertz CT molecular complexity index is 949. The highest BCUT2D eigenvalue weighted by Crippen LogP contribution is 2.27. The first kappa shape index (κ1) is 13.4. The first-order valence-electron chi connectivity index (χ1n) is 6.06. The number of anilines is 1. The number of rotatable bonds is 1. The Kier molecular flexibility index (Phi) is 3.03. The molecule has 0 bridgehead atoms. The predicted octanol–water partition coefficient (Wildman–Crippen LogP) is 2.83. The molecule has 3 rings (SSSR count).